The van der Waals surface area contributed by atoms with Crippen molar-refractivity contribution < 1.29 is 8.42 Å². The van der Waals surface area contributed by atoms with Gasteiger partial charge in [0.1, 0.15) is 0 Å². The van der Waals surface area contributed by atoms with Crippen molar-refractivity contribution in [2.24, 2.45) is 5.92 Å². The topological polar surface area (TPSA) is 72.2 Å². The minimum Gasteiger partial charge on any atom is -0.399 e. The lowest BCUT2D eigenvalue weighted by atomic mass is 10.0. The van der Waals surface area contributed by atoms with Gasteiger partial charge in [-0.3, -0.25) is 0 Å². The molecule has 0 aliphatic rings. The van der Waals surface area contributed by atoms with Crippen LogP contribution in [0, 0.1) is 5.92 Å². The number of anilines is 1. The number of nitrogens with two attached hydrogens (primary N) is 1. The Morgan fingerprint density at radius 2 is 2.00 bits per heavy atom. The molecule has 0 aromatic heterocycles. The van der Waals surface area contributed by atoms with E-state index in [9.17, 15) is 8.42 Å². The molecular formula is C14H24N2O2S2. The summed E-state index contributed by atoms with van der Waals surface area (Å²) in [5, 5.41) is 0. The maximum atomic E-state index is 11.9. The summed E-state index contributed by atoms with van der Waals surface area (Å²) >= 11 is 1.51. The van der Waals surface area contributed by atoms with Crippen molar-refractivity contribution in [3.8, 4) is 0 Å². The van der Waals surface area contributed by atoms with Crippen LogP contribution in [-0.4, -0.2) is 26.5 Å². The fourth-order valence-electron chi connectivity index (χ4n) is 1.77. The van der Waals surface area contributed by atoms with Gasteiger partial charge in [0, 0.05) is 22.9 Å². The minimum atomic E-state index is -3.18. The van der Waals surface area contributed by atoms with Crippen LogP contribution in [0.3, 0.4) is 0 Å². The highest BCUT2D eigenvalue weighted by molar-refractivity contribution is 8.00. The number of nitrogen functional groups attached to an aromatic ring is 1. The fourth-order valence-corrected chi connectivity index (χ4v) is 4.24. The van der Waals surface area contributed by atoms with E-state index >= 15 is 0 Å². The van der Waals surface area contributed by atoms with Gasteiger partial charge in [0.05, 0.1) is 5.75 Å². The SMILES string of the molecule is CCC(CC)CNS(=O)(=O)CCSc1cccc(N)c1. The smallest absolute Gasteiger partial charge is 0.212 e. The van der Waals surface area contributed by atoms with Crippen LogP contribution >= 0.6 is 11.8 Å². The molecular weight excluding hydrogens is 292 g/mol. The third-order valence-corrected chi connectivity index (χ3v) is 5.83. The first-order valence-corrected chi connectivity index (χ1v) is 9.56. The van der Waals surface area contributed by atoms with E-state index in [1.165, 1.54) is 11.8 Å². The van der Waals surface area contributed by atoms with Gasteiger partial charge in [-0.2, -0.15) is 0 Å². The van der Waals surface area contributed by atoms with Crippen LogP contribution in [-0.2, 0) is 10.0 Å². The number of hydrogen-bond donors (Lipinski definition) is 2. The van der Waals surface area contributed by atoms with Crippen LogP contribution in [0.25, 0.3) is 0 Å². The highest BCUT2D eigenvalue weighted by Crippen LogP contribution is 2.20. The van der Waals surface area contributed by atoms with Gasteiger partial charge < -0.3 is 5.73 Å². The molecule has 6 heteroatoms. The van der Waals surface area contributed by atoms with Crippen molar-refractivity contribution in [1.82, 2.24) is 4.72 Å². The average molecular weight is 316 g/mol. The van der Waals surface area contributed by atoms with Gasteiger partial charge in [-0.25, -0.2) is 13.1 Å². The van der Waals surface area contributed by atoms with Crippen LogP contribution in [0.1, 0.15) is 26.7 Å². The normalized spacial score (nSPS) is 11.9. The summed E-state index contributed by atoms with van der Waals surface area (Å²) in [7, 11) is -3.18. The Morgan fingerprint density at radius 1 is 1.30 bits per heavy atom. The summed E-state index contributed by atoms with van der Waals surface area (Å²) in [6, 6.07) is 7.48. The number of sulfonamides is 1. The summed E-state index contributed by atoms with van der Waals surface area (Å²) in [5.74, 6) is 1.08. The zero-order valence-electron chi connectivity index (χ0n) is 12.1. The summed E-state index contributed by atoms with van der Waals surface area (Å²) in [6.07, 6.45) is 1.99. The second kappa shape index (κ2) is 8.54. The molecule has 0 heterocycles. The third kappa shape index (κ3) is 6.63. The molecule has 0 bridgehead atoms. The third-order valence-electron chi connectivity index (χ3n) is 3.23. The quantitative estimate of drug-likeness (QED) is 0.543. The molecule has 4 nitrogen and oxygen atoms in total. The predicted octanol–water partition coefficient (Wildman–Crippen LogP) is 2.72. The highest BCUT2D eigenvalue weighted by atomic mass is 32.2. The Kier molecular flexibility index (Phi) is 7.40. The van der Waals surface area contributed by atoms with E-state index in [4.69, 9.17) is 5.73 Å². The Labute approximate surface area is 126 Å². The van der Waals surface area contributed by atoms with Gasteiger partial charge in [-0.1, -0.05) is 32.8 Å². The second-order valence-electron chi connectivity index (χ2n) is 4.77. The largest absolute Gasteiger partial charge is 0.399 e. The van der Waals surface area contributed by atoms with Crippen LogP contribution in [0.4, 0.5) is 5.69 Å². The fraction of sp³-hybridized carbons (Fsp3) is 0.571. The Morgan fingerprint density at radius 3 is 2.60 bits per heavy atom. The number of thioether (sulfide) groups is 1. The van der Waals surface area contributed by atoms with Gasteiger partial charge in [-0.15, -0.1) is 11.8 Å². The molecule has 0 amide bonds. The summed E-state index contributed by atoms with van der Waals surface area (Å²) in [4.78, 5) is 1.00. The molecule has 114 valence electrons. The zero-order valence-corrected chi connectivity index (χ0v) is 13.8. The molecule has 0 spiro atoms. The molecule has 1 rings (SSSR count). The molecule has 0 atom stereocenters. The predicted molar refractivity (Wildman–Crippen MR) is 87.4 cm³/mol. The molecule has 0 saturated heterocycles. The molecule has 0 aliphatic heterocycles. The van der Waals surface area contributed by atoms with E-state index < -0.39 is 10.0 Å². The molecule has 20 heavy (non-hydrogen) atoms. The van der Waals surface area contributed by atoms with Crippen molar-refractivity contribution >= 4 is 27.5 Å². The van der Waals surface area contributed by atoms with Crippen LogP contribution in [0.2, 0.25) is 0 Å². The van der Waals surface area contributed by atoms with Crippen molar-refractivity contribution in [1.29, 1.82) is 0 Å². The van der Waals surface area contributed by atoms with Crippen LogP contribution < -0.4 is 10.5 Å². The maximum absolute atomic E-state index is 11.9. The van der Waals surface area contributed by atoms with E-state index in [0.717, 1.165) is 17.7 Å². The lowest BCUT2D eigenvalue weighted by Gasteiger charge is -2.13. The molecule has 1 aromatic carbocycles. The molecule has 3 N–H and O–H groups in total. The van der Waals surface area contributed by atoms with E-state index in [1.807, 2.05) is 24.3 Å². The van der Waals surface area contributed by atoms with Gasteiger partial charge in [0.25, 0.3) is 0 Å². The zero-order chi connectivity index (χ0) is 15.0. The molecule has 1 aromatic rings. The van der Waals surface area contributed by atoms with E-state index in [-0.39, 0.29) is 5.75 Å². The Hall–Kier alpha value is -0.720. The van der Waals surface area contributed by atoms with Gasteiger partial charge in [-0.05, 0) is 24.1 Å². The lowest BCUT2D eigenvalue weighted by Crippen LogP contribution is -2.31. The van der Waals surface area contributed by atoms with Crippen molar-refractivity contribution in [2.75, 3.05) is 23.8 Å². The molecule has 0 saturated carbocycles. The lowest BCUT2D eigenvalue weighted by molar-refractivity contribution is 0.479. The van der Waals surface area contributed by atoms with Crippen molar-refractivity contribution in [2.45, 2.75) is 31.6 Å². The summed E-state index contributed by atoms with van der Waals surface area (Å²) < 4.78 is 26.4. The van der Waals surface area contributed by atoms with E-state index in [2.05, 4.69) is 18.6 Å². The van der Waals surface area contributed by atoms with Crippen molar-refractivity contribution in [3.63, 3.8) is 0 Å². The minimum absolute atomic E-state index is 0.132. The average Bonchev–Trinajstić information content (AvgIpc) is 2.39. The molecule has 0 aliphatic carbocycles. The standard InChI is InChI=1S/C14H24N2O2S2/c1-3-12(4-2)11-16-20(17,18)9-8-19-14-7-5-6-13(15)10-14/h5-7,10,12,16H,3-4,8-9,11,15H2,1-2H3. The van der Waals surface area contributed by atoms with Crippen LogP contribution in [0.15, 0.2) is 29.2 Å². The van der Waals surface area contributed by atoms with Gasteiger partial charge >= 0.3 is 0 Å². The maximum Gasteiger partial charge on any atom is 0.212 e. The number of rotatable bonds is 9. The summed E-state index contributed by atoms with van der Waals surface area (Å²) in [5.41, 5.74) is 6.38. The highest BCUT2D eigenvalue weighted by Gasteiger charge is 2.12. The Bertz CT molecular complexity index is 500. The Balaban J connectivity index is 2.36. The second-order valence-corrected chi connectivity index (χ2v) is 7.87. The van der Waals surface area contributed by atoms with Crippen LogP contribution in [0.5, 0.6) is 0 Å². The van der Waals surface area contributed by atoms with Crippen molar-refractivity contribution in [3.05, 3.63) is 24.3 Å². The van der Waals surface area contributed by atoms with E-state index in [1.54, 1.807) is 0 Å². The van der Waals surface area contributed by atoms with Gasteiger partial charge in [0.2, 0.25) is 10.0 Å². The first-order chi connectivity index (χ1) is 9.46. The molecule has 0 fully saturated rings. The number of nitrogens with one attached hydrogen (secondary N) is 1. The first-order valence-electron chi connectivity index (χ1n) is 6.92. The number of hydrogen-bond acceptors (Lipinski definition) is 4. The number of benzene rings is 1. The molecule has 0 radical (unpaired) electrons. The monoisotopic (exact) mass is 316 g/mol. The summed E-state index contributed by atoms with van der Waals surface area (Å²) in [6.45, 7) is 4.70. The molecule has 0 unspecified atom stereocenters. The van der Waals surface area contributed by atoms with Gasteiger partial charge in [0.15, 0.2) is 0 Å². The van der Waals surface area contributed by atoms with E-state index in [0.29, 0.717) is 23.9 Å². The first kappa shape index (κ1) is 17.3.